The molecule has 0 spiro atoms. The standard InChI is InChI=1S/C19H20N4O4/c24-15-5-3-13(4-6-15)11-23(12-14-2-1-9-20-10-14)18(26)16-7-8-17(25)22-19(27)21-16/h1-6,9-10,16,24H,7-8,11-12H2,(H2,21,22,25,27)/t16-/m1/s1. The van der Waals surface area contributed by atoms with Gasteiger partial charge in [-0.3, -0.25) is 19.9 Å². The van der Waals surface area contributed by atoms with Gasteiger partial charge in [0.15, 0.2) is 0 Å². The summed E-state index contributed by atoms with van der Waals surface area (Å²) < 4.78 is 0. The smallest absolute Gasteiger partial charge is 0.322 e. The summed E-state index contributed by atoms with van der Waals surface area (Å²) in [5.41, 5.74) is 1.68. The summed E-state index contributed by atoms with van der Waals surface area (Å²) in [7, 11) is 0. The van der Waals surface area contributed by atoms with Crippen molar-refractivity contribution in [2.24, 2.45) is 0 Å². The zero-order valence-corrected chi connectivity index (χ0v) is 14.6. The van der Waals surface area contributed by atoms with Gasteiger partial charge in [0.05, 0.1) is 0 Å². The number of benzene rings is 1. The molecule has 0 aliphatic carbocycles. The average molecular weight is 368 g/mol. The van der Waals surface area contributed by atoms with E-state index in [9.17, 15) is 19.5 Å². The van der Waals surface area contributed by atoms with E-state index in [0.29, 0.717) is 13.1 Å². The molecule has 8 heteroatoms. The molecule has 1 saturated heterocycles. The molecule has 1 aliphatic rings. The molecule has 0 saturated carbocycles. The van der Waals surface area contributed by atoms with Crippen LogP contribution in [-0.4, -0.2) is 38.9 Å². The number of hydrogen-bond donors (Lipinski definition) is 3. The number of phenols is 1. The van der Waals surface area contributed by atoms with Crippen LogP contribution in [0.15, 0.2) is 48.8 Å². The molecule has 1 aliphatic heterocycles. The van der Waals surface area contributed by atoms with Gasteiger partial charge >= 0.3 is 6.03 Å². The van der Waals surface area contributed by atoms with E-state index in [0.717, 1.165) is 11.1 Å². The van der Waals surface area contributed by atoms with Gasteiger partial charge in [0.2, 0.25) is 11.8 Å². The third-order valence-electron chi connectivity index (χ3n) is 4.23. The zero-order chi connectivity index (χ0) is 19.2. The summed E-state index contributed by atoms with van der Waals surface area (Å²) in [5, 5.41) is 14.2. The summed E-state index contributed by atoms with van der Waals surface area (Å²) in [6.07, 6.45) is 3.65. The van der Waals surface area contributed by atoms with Gasteiger partial charge in [-0.15, -0.1) is 0 Å². The Balaban J connectivity index is 1.81. The average Bonchev–Trinajstić information content (AvgIpc) is 2.83. The topological polar surface area (TPSA) is 112 Å². The maximum atomic E-state index is 13.1. The normalized spacial score (nSPS) is 16.8. The number of aromatic hydroxyl groups is 1. The van der Waals surface area contributed by atoms with Crippen LogP contribution >= 0.6 is 0 Å². The van der Waals surface area contributed by atoms with Crippen LogP contribution in [0.4, 0.5) is 4.79 Å². The largest absolute Gasteiger partial charge is 0.508 e. The highest BCUT2D eigenvalue weighted by Crippen LogP contribution is 2.16. The van der Waals surface area contributed by atoms with E-state index in [1.807, 2.05) is 6.07 Å². The molecule has 4 amide bonds. The lowest BCUT2D eigenvalue weighted by molar-refractivity contribution is -0.134. The lowest BCUT2D eigenvalue weighted by Crippen LogP contribution is -2.49. The minimum Gasteiger partial charge on any atom is -0.508 e. The van der Waals surface area contributed by atoms with Gasteiger partial charge in [-0.2, -0.15) is 0 Å². The summed E-state index contributed by atoms with van der Waals surface area (Å²) in [4.78, 5) is 42.0. The SMILES string of the molecule is O=C1CC[C@H](C(=O)N(Cc2ccc(O)cc2)Cc2cccnc2)NC(=O)N1. The van der Waals surface area contributed by atoms with Crippen LogP contribution in [0.5, 0.6) is 5.75 Å². The van der Waals surface area contributed by atoms with Crippen LogP contribution in [0.25, 0.3) is 0 Å². The first-order chi connectivity index (χ1) is 13.0. The van der Waals surface area contributed by atoms with E-state index in [-0.39, 0.29) is 24.5 Å². The van der Waals surface area contributed by atoms with Gasteiger partial charge in [-0.1, -0.05) is 18.2 Å². The molecule has 3 N–H and O–H groups in total. The summed E-state index contributed by atoms with van der Waals surface area (Å²) in [5.74, 6) is -0.540. The second kappa shape index (κ2) is 8.31. The Morgan fingerprint density at radius 2 is 1.89 bits per heavy atom. The van der Waals surface area contributed by atoms with E-state index in [1.165, 1.54) is 0 Å². The van der Waals surface area contributed by atoms with Gasteiger partial charge in [0, 0.05) is 31.9 Å². The van der Waals surface area contributed by atoms with Crippen molar-refractivity contribution < 1.29 is 19.5 Å². The molecule has 1 aromatic carbocycles. The predicted octanol–water partition coefficient (Wildman–Crippen LogP) is 1.30. The number of amides is 4. The van der Waals surface area contributed by atoms with Gasteiger partial charge in [-0.25, -0.2) is 4.79 Å². The first kappa shape index (κ1) is 18.4. The molecule has 2 aromatic rings. The Labute approximate surface area is 156 Å². The van der Waals surface area contributed by atoms with Crippen LogP contribution < -0.4 is 10.6 Å². The minimum atomic E-state index is -0.787. The fourth-order valence-corrected chi connectivity index (χ4v) is 2.88. The molecular formula is C19H20N4O4. The quantitative estimate of drug-likeness (QED) is 0.737. The van der Waals surface area contributed by atoms with Crippen LogP contribution in [0.1, 0.15) is 24.0 Å². The maximum Gasteiger partial charge on any atom is 0.322 e. The predicted molar refractivity (Wildman–Crippen MR) is 96.3 cm³/mol. The molecule has 1 fully saturated rings. The second-order valence-electron chi connectivity index (χ2n) is 6.33. The van der Waals surface area contributed by atoms with Crippen molar-refractivity contribution in [3.05, 3.63) is 59.9 Å². The number of urea groups is 1. The number of rotatable bonds is 5. The number of nitrogens with one attached hydrogen (secondary N) is 2. The maximum absolute atomic E-state index is 13.1. The van der Waals surface area contributed by atoms with Crippen molar-refractivity contribution in [2.75, 3.05) is 0 Å². The van der Waals surface area contributed by atoms with E-state index >= 15 is 0 Å². The van der Waals surface area contributed by atoms with Crippen molar-refractivity contribution in [1.82, 2.24) is 20.5 Å². The van der Waals surface area contributed by atoms with Crippen LogP contribution in [0.2, 0.25) is 0 Å². The van der Waals surface area contributed by atoms with E-state index in [4.69, 9.17) is 0 Å². The second-order valence-corrected chi connectivity index (χ2v) is 6.33. The number of carbonyl (C=O) groups is 3. The van der Waals surface area contributed by atoms with Crippen molar-refractivity contribution >= 4 is 17.8 Å². The van der Waals surface area contributed by atoms with Crippen LogP contribution in [-0.2, 0) is 22.7 Å². The lowest BCUT2D eigenvalue weighted by Gasteiger charge is -2.27. The number of phenolic OH excluding ortho intramolecular Hbond substituents is 1. The van der Waals surface area contributed by atoms with Crippen LogP contribution in [0, 0.1) is 0 Å². The summed E-state index contributed by atoms with van der Waals surface area (Å²) in [6, 6.07) is 8.77. The zero-order valence-electron chi connectivity index (χ0n) is 14.6. The molecule has 3 rings (SSSR count). The summed E-state index contributed by atoms with van der Waals surface area (Å²) in [6.45, 7) is 0.600. The van der Waals surface area contributed by atoms with Gasteiger partial charge in [0.1, 0.15) is 11.8 Å². The molecule has 0 bridgehead atoms. The first-order valence-electron chi connectivity index (χ1n) is 8.57. The van der Waals surface area contributed by atoms with E-state index in [2.05, 4.69) is 15.6 Å². The third kappa shape index (κ3) is 5.04. The molecule has 1 aromatic heterocycles. The van der Waals surface area contributed by atoms with Crippen LogP contribution in [0.3, 0.4) is 0 Å². The lowest BCUT2D eigenvalue weighted by atomic mass is 10.1. The molecule has 0 radical (unpaired) electrons. The van der Waals surface area contributed by atoms with Gasteiger partial charge < -0.3 is 15.3 Å². The van der Waals surface area contributed by atoms with Crippen molar-refractivity contribution in [2.45, 2.75) is 32.0 Å². The molecule has 8 nitrogen and oxygen atoms in total. The Morgan fingerprint density at radius 3 is 2.59 bits per heavy atom. The third-order valence-corrected chi connectivity index (χ3v) is 4.23. The fourth-order valence-electron chi connectivity index (χ4n) is 2.88. The first-order valence-corrected chi connectivity index (χ1v) is 8.57. The van der Waals surface area contributed by atoms with E-state index in [1.54, 1.807) is 47.6 Å². The highest BCUT2D eigenvalue weighted by molar-refractivity contribution is 5.98. The van der Waals surface area contributed by atoms with Crippen molar-refractivity contribution in [3.8, 4) is 5.75 Å². The monoisotopic (exact) mass is 368 g/mol. The van der Waals surface area contributed by atoms with Gasteiger partial charge in [-0.05, 0) is 35.7 Å². The Bertz CT molecular complexity index is 823. The number of carbonyl (C=O) groups excluding carboxylic acids is 3. The number of hydrogen-bond acceptors (Lipinski definition) is 5. The molecule has 0 unspecified atom stereocenters. The number of aromatic nitrogens is 1. The molecule has 27 heavy (non-hydrogen) atoms. The molecular weight excluding hydrogens is 348 g/mol. The number of imide groups is 1. The number of pyridine rings is 1. The highest BCUT2D eigenvalue weighted by Gasteiger charge is 2.29. The Hall–Kier alpha value is -3.42. The highest BCUT2D eigenvalue weighted by atomic mass is 16.3. The molecule has 1 atom stereocenters. The summed E-state index contributed by atoms with van der Waals surface area (Å²) >= 11 is 0. The van der Waals surface area contributed by atoms with E-state index < -0.39 is 18.0 Å². The van der Waals surface area contributed by atoms with Crippen molar-refractivity contribution in [1.29, 1.82) is 0 Å². The Morgan fingerprint density at radius 1 is 1.15 bits per heavy atom. The molecule has 140 valence electrons. The van der Waals surface area contributed by atoms with Crippen molar-refractivity contribution in [3.63, 3.8) is 0 Å². The minimum absolute atomic E-state index is 0.0923. The van der Waals surface area contributed by atoms with Gasteiger partial charge in [0.25, 0.3) is 0 Å². The number of nitrogens with zero attached hydrogens (tertiary/aromatic N) is 2. The molecule has 2 heterocycles. The Kier molecular flexibility index (Phi) is 5.65. The fraction of sp³-hybridized carbons (Fsp3) is 0.263.